The summed E-state index contributed by atoms with van der Waals surface area (Å²) in [6, 6.07) is 10.8. The molecule has 4 heteroatoms. The van der Waals surface area contributed by atoms with Gasteiger partial charge in [0.1, 0.15) is 5.76 Å². The van der Waals surface area contributed by atoms with Crippen molar-refractivity contribution in [2.24, 2.45) is 0 Å². The van der Waals surface area contributed by atoms with Crippen LogP contribution in [0.25, 0.3) is 0 Å². The van der Waals surface area contributed by atoms with Crippen LogP contribution in [0.3, 0.4) is 0 Å². The Morgan fingerprint density at radius 1 is 1.32 bits per heavy atom. The van der Waals surface area contributed by atoms with Crippen molar-refractivity contribution in [1.82, 2.24) is 5.32 Å². The number of carbonyl (C=O) groups excluding carboxylic acids is 1. The van der Waals surface area contributed by atoms with E-state index in [1.165, 1.54) is 0 Å². The topological polar surface area (TPSA) is 51.5 Å². The average Bonchev–Trinajstić information content (AvgIpc) is 2.94. The van der Waals surface area contributed by atoms with Gasteiger partial charge in [0.05, 0.1) is 18.9 Å². The van der Waals surface area contributed by atoms with Gasteiger partial charge >= 0.3 is 0 Å². The lowest BCUT2D eigenvalue weighted by Gasteiger charge is -2.11. The Hall–Kier alpha value is -2.07. The summed E-state index contributed by atoms with van der Waals surface area (Å²) in [5.41, 5.74) is 1.66. The second-order valence-electron chi connectivity index (χ2n) is 4.34. The smallest absolute Gasteiger partial charge is 0.251 e. The van der Waals surface area contributed by atoms with Crippen LogP contribution in [0.4, 0.5) is 0 Å². The van der Waals surface area contributed by atoms with Crippen molar-refractivity contribution < 1.29 is 13.9 Å². The van der Waals surface area contributed by atoms with Crippen LogP contribution >= 0.6 is 0 Å². The third-order valence-corrected chi connectivity index (χ3v) is 2.84. The zero-order valence-electron chi connectivity index (χ0n) is 11.1. The summed E-state index contributed by atoms with van der Waals surface area (Å²) in [5.74, 6) is 0.622. The van der Waals surface area contributed by atoms with E-state index < -0.39 is 0 Å². The molecule has 1 atom stereocenters. The summed E-state index contributed by atoms with van der Waals surface area (Å²) in [4.78, 5) is 12.0. The number of methoxy groups -OCH3 is 1. The molecule has 2 rings (SSSR count). The molecule has 1 aromatic heterocycles. The second-order valence-corrected chi connectivity index (χ2v) is 4.34. The molecule has 0 unspecified atom stereocenters. The molecule has 100 valence electrons. The van der Waals surface area contributed by atoms with Gasteiger partial charge in [0, 0.05) is 12.7 Å². The van der Waals surface area contributed by atoms with Crippen LogP contribution in [-0.4, -0.2) is 13.0 Å². The van der Waals surface area contributed by atoms with Gasteiger partial charge in [-0.25, -0.2) is 0 Å². The number of hydrogen-bond acceptors (Lipinski definition) is 3. The lowest BCUT2D eigenvalue weighted by Crippen LogP contribution is -2.26. The average molecular weight is 259 g/mol. The van der Waals surface area contributed by atoms with Gasteiger partial charge in [-0.1, -0.05) is 12.1 Å². The third-order valence-electron chi connectivity index (χ3n) is 2.84. The normalized spacial score (nSPS) is 12.1. The summed E-state index contributed by atoms with van der Waals surface area (Å²) in [5, 5.41) is 2.89. The van der Waals surface area contributed by atoms with Crippen LogP contribution in [0, 0.1) is 0 Å². The van der Waals surface area contributed by atoms with Crippen molar-refractivity contribution in [2.45, 2.75) is 19.6 Å². The van der Waals surface area contributed by atoms with Crippen molar-refractivity contribution in [3.8, 4) is 0 Å². The summed E-state index contributed by atoms with van der Waals surface area (Å²) >= 11 is 0. The molecule has 4 nitrogen and oxygen atoms in total. The number of carbonyl (C=O) groups is 1. The third kappa shape index (κ3) is 3.45. The fraction of sp³-hybridized carbons (Fsp3) is 0.267. The predicted molar refractivity (Wildman–Crippen MR) is 71.7 cm³/mol. The quantitative estimate of drug-likeness (QED) is 0.898. The second kappa shape index (κ2) is 6.20. The first kappa shape index (κ1) is 13.4. The van der Waals surface area contributed by atoms with Gasteiger partial charge < -0.3 is 14.5 Å². The highest BCUT2D eigenvalue weighted by molar-refractivity contribution is 5.94. The summed E-state index contributed by atoms with van der Waals surface area (Å²) in [7, 11) is 1.64. The first-order valence-corrected chi connectivity index (χ1v) is 6.13. The summed E-state index contributed by atoms with van der Waals surface area (Å²) in [6.45, 7) is 2.43. The standard InChI is InChI=1S/C15H17NO3/c1-11(14-4-3-9-19-14)16-15(17)13-7-5-12(6-8-13)10-18-2/h3-9,11H,10H2,1-2H3,(H,16,17)/t11-/m1/s1. The van der Waals surface area contributed by atoms with E-state index in [2.05, 4.69) is 5.32 Å². The molecule has 0 fully saturated rings. The van der Waals surface area contributed by atoms with Crippen LogP contribution in [-0.2, 0) is 11.3 Å². The molecule has 0 bridgehead atoms. The maximum Gasteiger partial charge on any atom is 0.251 e. The van der Waals surface area contributed by atoms with Crippen molar-refractivity contribution in [1.29, 1.82) is 0 Å². The molecule has 1 N–H and O–H groups in total. The van der Waals surface area contributed by atoms with Crippen LogP contribution < -0.4 is 5.32 Å². The SMILES string of the molecule is COCc1ccc(C(=O)N[C@H](C)c2ccco2)cc1. The molecule has 0 spiro atoms. The molecule has 1 heterocycles. The van der Waals surface area contributed by atoms with Gasteiger partial charge in [0.15, 0.2) is 0 Å². The van der Waals surface area contributed by atoms with Crippen molar-refractivity contribution >= 4 is 5.91 Å². The van der Waals surface area contributed by atoms with E-state index in [0.717, 1.165) is 11.3 Å². The Kier molecular flexibility index (Phi) is 4.36. The predicted octanol–water partition coefficient (Wildman–Crippen LogP) is 2.92. The molecule has 0 radical (unpaired) electrons. The van der Waals surface area contributed by atoms with E-state index in [4.69, 9.17) is 9.15 Å². The number of ether oxygens (including phenoxy) is 1. The van der Waals surface area contributed by atoms with Gasteiger partial charge in [0.25, 0.3) is 5.91 Å². The monoisotopic (exact) mass is 259 g/mol. The molecule has 0 aliphatic rings. The molecular weight excluding hydrogens is 242 g/mol. The highest BCUT2D eigenvalue weighted by Gasteiger charge is 2.13. The summed E-state index contributed by atoms with van der Waals surface area (Å²) < 4.78 is 10.3. The van der Waals surface area contributed by atoms with E-state index in [1.807, 2.05) is 25.1 Å². The van der Waals surface area contributed by atoms with Crippen LogP contribution in [0.2, 0.25) is 0 Å². The number of rotatable bonds is 5. The molecule has 0 aliphatic heterocycles. The van der Waals surface area contributed by atoms with Gasteiger partial charge in [0.2, 0.25) is 0 Å². The highest BCUT2D eigenvalue weighted by Crippen LogP contribution is 2.13. The Morgan fingerprint density at radius 3 is 2.63 bits per heavy atom. The first-order valence-electron chi connectivity index (χ1n) is 6.13. The first-order chi connectivity index (χ1) is 9.20. The summed E-state index contributed by atoms with van der Waals surface area (Å²) in [6.07, 6.45) is 1.59. The molecule has 0 aliphatic carbocycles. The van der Waals surface area contributed by atoms with Crippen molar-refractivity contribution in [3.05, 3.63) is 59.5 Å². The van der Waals surface area contributed by atoms with Gasteiger partial charge in [-0.2, -0.15) is 0 Å². The van der Waals surface area contributed by atoms with E-state index in [9.17, 15) is 4.79 Å². The molecule has 0 saturated carbocycles. The lowest BCUT2D eigenvalue weighted by atomic mass is 10.1. The minimum Gasteiger partial charge on any atom is -0.467 e. The number of hydrogen-bond donors (Lipinski definition) is 1. The number of benzene rings is 1. The molecular formula is C15H17NO3. The van der Waals surface area contributed by atoms with Gasteiger partial charge in [-0.15, -0.1) is 0 Å². The lowest BCUT2D eigenvalue weighted by molar-refractivity contribution is 0.0935. The molecule has 0 saturated heterocycles. The Bertz CT molecular complexity index is 517. The van der Waals surface area contributed by atoms with Crippen LogP contribution in [0.5, 0.6) is 0 Å². The van der Waals surface area contributed by atoms with E-state index in [-0.39, 0.29) is 11.9 Å². The molecule has 1 amide bonds. The van der Waals surface area contributed by atoms with Gasteiger partial charge in [-0.05, 0) is 36.8 Å². The Morgan fingerprint density at radius 2 is 2.05 bits per heavy atom. The number of nitrogens with one attached hydrogen (secondary N) is 1. The molecule has 2 aromatic rings. The van der Waals surface area contributed by atoms with E-state index in [1.54, 1.807) is 31.6 Å². The van der Waals surface area contributed by atoms with Crippen molar-refractivity contribution in [3.63, 3.8) is 0 Å². The van der Waals surface area contributed by atoms with Crippen molar-refractivity contribution in [2.75, 3.05) is 7.11 Å². The molecule has 1 aromatic carbocycles. The van der Waals surface area contributed by atoms with Crippen LogP contribution in [0.15, 0.2) is 47.1 Å². The minimum atomic E-state index is -0.152. The largest absolute Gasteiger partial charge is 0.467 e. The van der Waals surface area contributed by atoms with E-state index in [0.29, 0.717) is 12.2 Å². The maximum atomic E-state index is 12.0. The Balaban J connectivity index is 1.99. The molecule has 19 heavy (non-hydrogen) atoms. The minimum absolute atomic E-state index is 0.118. The zero-order chi connectivity index (χ0) is 13.7. The number of furan rings is 1. The number of amides is 1. The van der Waals surface area contributed by atoms with Crippen LogP contribution in [0.1, 0.15) is 34.6 Å². The Labute approximate surface area is 112 Å². The van der Waals surface area contributed by atoms with E-state index >= 15 is 0 Å². The fourth-order valence-corrected chi connectivity index (χ4v) is 1.81. The fourth-order valence-electron chi connectivity index (χ4n) is 1.81. The maximum absolute atomic E-state index is 12.0. The van der Waals surface area contributed by atoms with Gasteiger partial charge in [-0.3, -0.25) is 4.79 Å². The highest BCUT2D eigenvalue weighted by atomic mass is 16.5. The zero-order valence-corrected chi connectivity index (χ0v) is 11.1.